The zero-order valence-corrected chi connectivity index (χ0v) is 26.3. The first-order valence-corrected chi connectivity index (χ1v) is 15.4. The van der Waals surface area contributed by atoms with Crippen molar-refractivity contribution in [1.29, 1.82) is 0 Å². The van der Waals surface area contributed by atoms with Crippen molar-refractivity contribution < 1.29 is 24.2 Å². The van der Waals surface area contributed by atoms with Crippen molar-refractivity contribution >= 4 is 29.1 Å². The molecule has 0 bridgehead atoms. The predicted molar refractivity (Wildman–Crippen MR) is 169 cm³/mol. The number of hydrogen-bond acceptors (Lipinski definition) is 5. The van der Waals surface area contributed by atoms with Crippen LogP contribution in [0, 0.1) is 11.8 Å². The van der Waals surface area contributed by atoms with Gasteiger partial charge in [0.1, 0.15) is 0 Å². The molecule has 1 heterocycles. The van der Waals surface area contributed by atoms with Crippen molar-refractivity contribution in [2.75, 3.05) is 19.1 Å². The van der Waals surface area contributed by atoms with Gasteiger partial charge < -0.3 is 24.8 Å². The normalized spacial score (nSPS) is 21.6. The summed E-state index contributed by atoms with van der Waals surface area (Å²) in [5, 5.41) is 15.0. The minimum Gasteiger partial charge on any atom is -0.493 e. The number of anilines is 1. The van der Waals surface area contributed by atoms with E-state index in [9.17, 15) is 14.7 Å². The van der Waals surface area contributed by atoms with Gasteiger partial charge in [-0.1, -0.05) is 35.9 Å². The van der Waals surface area contributed by atoms with E-state index in [2.05, 4.69) is 5.32 Å². The Bertz CT molecular complexity index is 1460. The second-order valence-corrected chi connectivity index (χ2v) is 12.6. The number of fused-ring (bicyclic) bond motifs is 1. The number of ether oxygens (including phenoxy) is 2. The molecule has 1 unspecified atom stereocenters. The minimum atomic E-state index is -1.06. The number of nitrogens with one attached hydrogen (secondary N) is 1. The van der Waals surface area contributed by atoms with Crippen molar-refractivity contribution in [2.24, 2.45) is 11.8 Å². The van der Waals surface area contributed by atoms with Gasteiger partial charge in [-0.2, -0.15) is 0 Å². The quantitative estimate of drug-likeness (QED) is 0.303. The second-order valence-electron chi connectivity index (χ2n) is 12.1. The number of benzene rings is 3. The predicted octanol–water partition coefficient (Wildman–Crippen LogP) is 6.57. The molecule has 3 aromatic rings. The molecule has 3 aromatic carbocycles. The number of carbonyl (C=O) groups is 2. The fourth-order valence-corrected chi connectivity index (χ4v) is 6.77. The third kappa shape index (κ3) is 6.24. The van der Waals surface area contributed by atoms with Gasteiger partial charge in [-0.15, -0.1) is 0 Å². The fraction of sp³-hybridized carbons (Fsp3) is 0.429. The van der Waals surface area contributed by atoms with Gasteiger partial charge in [0.15, 0.2) is 11.5 Å². The Balaban J connectivity index is 1.50. The van der Waals surface area contributed by atoms with Crippen LogP contribution in [0.2, 0.25) is 5.02 Å². The number of carbonyl (C=O) groups excluding carboxylic acids is 2. The number of amides is 2. The molecular formula is C35H41ClN2O5. The summed E-state index contributed by atoms with van der Waals surface area (Å²) in [6.45, 7) is 5.79. The van der Waals surface area contributed by atoms with Crippen LogP contribution in [0.5, 0.6) is 11.5 Å². The van der Waals surface area contributed by atoms with Crippen molar-refractivity contribution in [3.63, 3.8) is 0 Å². The first-order chi connectivity index (χ1) is 20.5. The van der Waals surface area contributed by atoms with Gasteiger partial charge in [0.05, 0.1) is 31.3 Å². The maximum atomic E-state index is 13.9. The van der Waals surface area contributed by atoms with E-state index in [1.165, 1.54) is 0 Å². The monoisotopic (exact) mass is 604 g/mol. The summed E-state index contributed by atoms with van der Waals surface area (Å²) >= 11 is 6.25. The van der Waals surface area contributed by atoms with Gasteiger partial charge >= 0.3 is 0 Å². The summed E-state index contributed by atoms with van der Waals surface area (Å²) in [5.41, 5.74) is 3.25. The third-order valence-corrected chi connectivity index (χ3v) is 9.26. The lowest BCUT2D eigenvalue weighted by atomic mass is 9.71. The molecule has 1 aliphatic carbocycles. The molecule has 0 saturated heterocycles. The molecule has 228 valence electrons. The summed E-state index contributed by atoms with van der Waals surface area (Å²) in [6, 6.07) is 18.7. The molecule has 8 heteroatoms. The lowest BCUT2D eigenvalue weighted by Gasteiger charge is -2.39. The standard InChI is InChI=1S/C35H41ClN2O5/c1-21(2)43-31-20-29-24(18-30(31)42-5)19-32(39)38(33(29)22-8-14-27(36)15-9-22)28-16-12-26(13-17-28)35(3,41)25-10-6-23(7-11-25)34(40)37-4/h8-9,12-18,20-21,23,25,33,41H,6-7,10-11,19H2,1-5H3,(H,37,40)/t23-,25-,33-,35?/m0/s1. The summed E-state index contributed by atoms with van der Waals surface area (Å²) in [7, 11) is 3.27. The number of aliphatic hydroxyl groups is 1. The van der Waals surface area contributed by atoms with E-state index < -0.39 is 11.6 Å². The molecule has 7 nitrogen and oxygen atoms in total. The Kier molecular flexibility index (Phi) is 9.04. The molecule has 2 amide bonds. The molecule has 0 aromatic heterocycles. The highest BCUT2D eigenvalue weighted by atomic mass is 35.5. The van der Waals surface area contributed by atoms with E-state index >= 15 is 0 Å². The molecule has 43 heavy (non-hydrogen) atoms. The molecule has 0 radical (unpaired) electrons. The van der Waals surface area contributed by atoms with Crippen molar-refractivity contribution in [2.45, 2.75) is 70.6 Å². The average Bonchev–Trinajstić information content (AvgIpc) is 3.00. The van der Waals surface area contributed by atoms with E-state index in [-0.39, 0.29) is 36.2 Å². The average molecular weight is 605 g/mol. The van der Waals surface area contributed by atoms with Gasteiger partial charge in [-0.3, -0.25) is 9.59 Å². The van der Waals surface area contributed by atoms with Crippen LogP contribution in [0.4, 0.5) is 5.69 Å². The highest BCUT2D eigenvalue weighted by Gasteiger charge is 2.39. The zero-order valence-electron chi connectivity index (χ0n) is 25.5. The number of hydrogen-bond donors (Lipinski definition) is 2. The molecule has 0 spiro atoms. The molecule has 5 rings (SSSR count). The maximum Gasteiger partial charge on any atom is 0.232 e. The van der Waals surface area contributed by atoms with Crippen LogP contribution in [0.25, 0.3) is 0 Å². The van der Waals surface area contributed by atoms with Crippen molar-refractivity contribution in [3.8, 4) is 11.5 Å². The topological polar surface area (TPSA) is 88.1 Å². The Hall–Kier alpha value is -3.55. The van der Waals surface area contributed by atoms with Gasteiger partial charge in [-0.05, 0) is 111 Å². The Morgan fingerprint density at radius 1 is 1.02 bits per heavy atom. The number of halogens is 1. The Labute approximate surface area is 259 Å². The summed E-state index contributed by atoms with van der Waals surface area (Å²) in [5.74, 6) is 1.30. The first-order valence-electron chi connectivity index (χ1n) is 15.0. The van der Waals surface area contributed by atoms with E-state index in [0.29, 0.717) is 16.5 Å². The number of nitrogens with zero attached hydrogens (tertiary/aromatic N) is 1. The molecule has 1 aliphatic heterocycles. The second kappa shape index (κ2) is 12.6. The molecular weight excluding hydrogens is 564 g/mol. The highest BCUT2D eigenvalue weighted by Crippen LogP contribution is 2.45. The zero-order chi connectivity index (χ0) is 30.9. The number of methoxy groups -OCH3 is 1. The maximum absolute atomic E-state index is 13.9. The van der Waals surface area contributed by atoms with Crippen molar-refractivity contribution in [1.82, 2.24) is 5.32 Å². The molecule has 2 atom stereocenters. The summed E-state index contributed by atoms with van der Waals surface area (Å²) in [4.78, 5) is 27.8. The van der Waals surface area contributed by atoms with Crippen molar-refractivity contribution in [3.05, 3.63) is 87.9 Å². The van der Waals surface area contributed by atoms with Gasteiger partial charge in [0.25, 0.3) is 0 Å². The van der Waals surface area contributed by atoms with Crippen LogP contribution >= 0.6 is 11.6 Å². The van der Waals surface area contributed by atoms with Crippen LogP contribution < -0.4 is 19.7 Å². The lowest BCUT2D eigenvalue weighted by Crippen LogP contribution is -2.41. The highest BCUT2D eigenvalue weighted by molar-refractivity contribution is 6.30. The van der Waals surface area contributed by atoms with E-state index in [0.717, 1.165) is 53.6 Å². The van der Waals surface area contributed by atoms with Crippen LogP contribution in [0.3, 0.4) is 0 Å². The largest absolute Gasteiger partial charge is 0.493 e. The van der Waals surface area contributed by atoms with Crippen LogP contribution in [-0.2, 0) is 21.6 Å². The van der Waals surface area contributed by atoms with E-state index in [1.807, 2.05) is 86.3 Å². The Morgan fingerprint density at radius 3 is 2.26 bits per heavy atom. The van der Waals surface area contributed by atoms with Gasteiger partial charge in [0.2, 0.25) is 11.8 Å². The molecule has 1 saturated carbocycles. The summed E-state index contributed by atoms with van der Waals surface area (Å²) in [6.07, 6.45) is 3.23. The molecule has 2 N–H and O–H groups in total. The van der Waals surface area contributed by atoms with Crippen LogP contribution in [-0.4, -0.2) is 37.2 Å². The molecule has 2 aliphatic rings. The van der Waals surface area contributed by atoms with Crippen LogP contribution in [0.1, 0.15) is 74.8 Å². The van der Waals surface area contributed by atoms with E-state index in [1.54, 1.807) is 14.2 Å². The lowest BCUT2D eigenvalue weighted by molar-refractivity contribution is -0.127. The van der Waals surface area contributed by atoms with Gasteiger partial charge in [0, 0.05) is 23.7 Å². The SMILES string of the molecule is CNC(=O)[C@H]1CC[C@H](C(C)(O)c2ccc(N3C(=O)Cc4cc(OC)c(OC(C)C)cc4[C@@H]3c3ccc(Cl)cc3)cc2)CC1. The smallest absolute Gasteiger partial charge is 0.232 e. The van der Waals surface area contributed by atoms with E-state index in [4.69, 9.17) is 21.1 Å². The minimum absolute atomic E-state index is 0.00337. The first kappa shape index (κ1) is 30.9. The van der Waals surface area contributed by atoms with Crippen LogP contribution in [0.15, 0.2) is 60.7 Å². The third-order valence-electron chi connectivity index (χ3n) is 9.01. The Morgan fingerprint density at radius 2 is 1.67 bits per heavy atom. The fourth-order valence-electron chi connectivity index (χ4n) is 6.65. The van der Waals surface area contributed by atoms with Gasteiger partial charge in [-0.25, -0.2) is 0 Å². The summed E-state index contributed by atoms with van der Waals surface area (Å²) < 4.78 is 11.7. The molecule has 1 fully saturated rings. The number of rotatable bonds is 8.